The topological polar surface area (TPSA) is 117 Å². The second kappa shape index (κ2) is 8.79. The van der Waals surface area contributed by atoms with Crippen molar-refractivity contribution >= 4 is 32.8 Å². The number of carbonyl (C=O) groups excluding carboxylic acids is 1. The normalized spacial score (nSPS) is 14.9. The van der Waals surface area contributed by atoms with Gasteiger partial charge in [0.25, 0.3) is 15.9 Å². The molecule has 0 saturated carbocycles. The summed E-state index contributed by atoms with van der Waals surface area (Å²) in [6, 6.07) is 18.1. The number of H-pyrrole nitrogens is 1. The summed E-state index contributed by atoms with van der Waals surface area (Å²) < 4.78 is 29.4. The van der Waals surface area contributed by atoms with Crippen LogP contribution >= 0.6 is 0 Å². The minimum Gasteiger partial charge on any atom is -0.338 e. The SMILES string of the molecule is O=C(c1cccc(NS(=O)(=O)c2ccccc2)c1)N1CCC(n2c(=O)[nH]c3cccnc32)CC1. The van der Waals surface area contributed by atoms with Gasteiger partial charge < -0.3 is 9.88 Å². The van der Waals surface area contributed by atoms with Crippen LogP contribution < -0.4 is 10.4 Å². The van der Waals surface area contributed by atoms with Crippen molar-refractivity contribution in [2.45, 2.75) is 23.8 Å². The number of fused-ring (bicyclic) bond motifs is 1. The maximum absolute atomic E-state index is 13.1. The summed E-state index contributed by atoms with van der Waals surface area (Å²) in [5, 5.41) is 0. The van der Waals surface area contributed by atoms with Crippen molar-refractivity contribution in [3.05, 3.63) is 89.0 Å². The molecule has 10 heteroatoms. The molecular weight excluding hydrogens is 454 g/mol. The van der Waals surface area contributed by atoms with Gasteiger partial charge >= 0.3 is 5.69 Å². The van der Waals surface area contributed by atoms with Crippen molar-refractivity contribution in [1.29, 1.82) is 0 Å². The lowest BCUT2D eigenvalue weighted by atomic mass is 10.0. The Balaban J connectivity index is 1.29. The summed E-state index contributed by atoms with van der Waals surface area (Å²) in [5.74, 6) is -0.177. The molecule has 174 valence electrons. The van der Waals surface area contributed by atoms with Gasteiger partial charge in [0.15, 0.2) is 5.65 Å². The highest BCUT2D eigenvalue weighted by atomic mass is 32.2. The molecule has 1 amide bonds. The minimum atomic E-state index is -3.75. The Morgan fingerprint density at radius 2 is 1.76 bits per heavy atom. The molecule has 4 aromatic rings. The van der Waals surface area contributed by atoms with Crippen LogP contribution in [-0.2, 0) is 10.0 Å². The predicted octanol–water partition coefficient (Wildman–Crippen LogP) is 3.00. The van der Waals surface area contributed by atoms with Gasteiger partial charge in [0.05, 0.1) is 10.4 Å². The van der Waals surface area contributed by atoms with Crippen molar-refractivity contribution < 1.29 is 13.2 Å². The summed E-state index contributed by atoms with van der Waals surface area (Å²) in [5.41, 5.74) is 1.84. The van der Waals surface area contributed by atoms with E-state index in [1.807, 2.05) is 6.07 Å². The van der Waals surface area contributed by atoms with Gasteiger partial charge in [-0.3, -0.25) is 14.1 Å². The molecule has 1 aliphatic rings. The summed E-state index contributed by atoms with van der Waals surface area (Å²) in [6.07, 6.45) is 2.90. The number of benzene rings is 2. The number of hydrogen-bond donors (Lipinski definition) is 2. The zero-order valence-electron chi connectivity index (χ0n) is 18.2. The quantitative estimate of drug-likeness (QED) is 0.458. The lowest BCUT2D eigenvalue weighted by Crippen LogP contribution is -2.40. The smallest absolute Gasteiger partial charge is 0.327 e. The molecule has 2 aromatic carbocycles. The van der Waals surface area contributed by atoms with E-state index in [4.69, 9.17) is 0 Å². The van der Waals surface area contributed by atoms with Crippen LogP contribution in [0.2, 0.25) is 0 Å². The van der Waals surface area contributed by atoms with Crippen LogP contribution in [0.3, 0.4) is 0 Å². The molecule has 5 rings (SSSR count). The van der Waals surface area contributed by atoms with Gasteiger partial charge in [0.2, 0.25) is 0 Å². The zero-order valence-corrected chi connectivity index (χ0v) is 19.0. The van der Waals surface area contributed by atoms with Crippen LogP contribution in [-0.4, -0.2) is 46.8 Å². The average molecular weight is 478 g/mol. The van der Waals surface area contributed by atoms with Crippen molar-refractivity contribution in [2.24, 2.45) is 0 Å². The maximum atomic E-state index is 13.1. The monoisotopic (exact) mass is 477 g/mol. The Bertz CT molecular complexity index is 1500. The number of sulfonamides is 1. The van der Waals surface area contributed by atoms with Gasteiger partial charge in [0.1, 0.15) is 0 Å². The fourth-order valence-corrected chi connectivity index (χ4v) is 5.41. The Morgan fingerprint density at radius 1 is 1.00 bits per heavy atom. The fraction of sp³-hybridized carbons (Fsp3) is 0.208. The number of hydrogen-bond acceptors (Lipinski definition) is 5. The molecule has 1 aliphatic heterocycles. The highest BCUT2D eigenvalue weighted by Gasteiger charge is 2.27. The van der Waals surface area contributed by atoms with E-state index in [1.54, 1.807) is 64.2 Å². The van der Waals surface area contributed by atoms with Crippen LogP contribution in [0.25, 0.3) is 11.2 Å². The Hall–Kier alpha value is -3.92. The average Bonchev–Trinajstić information content (AvgIpc) is 3.20. The lowest BCUT2D eigenvalue weighted by Gasteiger charge is -2.32. The molecule has 2 aromatic heterocycles. The first-order valence-corrected chi connectivity index (χ1v) is 12.4. The van der Waals surface area contributed by atoms with Crippen molar-refractivity contribution in [2.75, 3.05) is 17.8 Å². The van der Waals surface area contributed by atoms with Crippen LogP contribution in [0.5, 0.6) is 0 Å². The first-order chi connectivity index (χ1) is 16.4. The molecule has 0 bridgehead atoms. The number of likely N-dealkylation sites (tertiary alicyclic amines) is 1. The van der Waals surface area contributed by atoms with Crippen LogP contribution in [0.1, 0.15) is 29.2 Å². The summed E-state index contributed by atoms with van der Waals surface area (Å²) in [6.45, 7) is 0.963. The van der Waals surface area contributed by atoms with Gasteiger partial charge in [-0.15, -0.1) is 0 Å². The van der Waals surface area contributed by atoms with Crippen LogP contribution in [0.4, 0.5) is 5.69 Å². The third-order valence-corrected chi connectivity index (χ3v) is 7.40. The molecule has 1 fully saturated rings. The Kier molecular flexibility index (Phi) is 5.66. The van der Waals surface area contributed by atoms with E-state index in [1.165, 1.54) is 12.1 Å². The zero-order chi connectivity index (χ0) is 23.7. The van der Waals surface area contributed by atoms with Crippen molar-refractivity contribution in [3.63, 3.8) is 0 Å². The highest BCUT2D eigenvalue weighted by molar-refractivity contribution is 7.92. The Morgan fingerprint density at radius 3 is 2.53 bits per heavy atom. The Labute approximate surface area is 196 Å². The van der Waals surface area contributed by atoms with E-state index in [0.717, 1.165) is 0 Å². The maximum Gasteiger partial charge on any atom is 0.327 e. The van der Waals surface area contributed by atoms with Crippen molar-refractivity contribution in [3.8, 4) is 0 Å². The summed E-state index contributed by atoms with van der Waals surface area (Å²) in [7, 11) is -3.75. The van der Waals surface area contributed by atoms with E-state index in [-0.39, 0.29) is 22.5 Å². The molecule has 3 heterocycles. The third-order valence-electron chi connectivity index (χ3n) is 6.01. The highest BCUT2D eigenvalue weighted by Crippen LogP contribution is 2.26. The largest absolute Gasteiger partial charge is 0.338 e. The first kappa shape index (κ1) is 21.9. The van der Waals surface area contributed by atoms with Gasteiger partial charge in [-0.2, -0.15) is 0 Å². The van der Waals surface area contributed by atoms with Gasteiger partial charge in [-0.25, -0.2) is 18.2 Å². The molecule has 0 unspecified atom stereocenters. The number of piperidine rings is 1. The van der Waals surface area contributed by atoms with Gasteiger partial charge in [-0.05, 0) is 55.3 Å². The van der Waals surface area contributed by atoms with Crippen LogP contribution in [0, 0.1) is 0 Å². The second-order valence-electron chi connectivity index (χ2n) is 8.20. The molecule has 0 spiro atoms. The molecule has 34 heavy (non-hydrogen) atoms. The number of amides is 1. The van der Waals surface area contributed by atoms with Crippen molar-refractivity contribution in [1.82, 2.24) is 19.4 Å². The first-order valence-electron chi connectivity index (χ1n) is 10.9. The molecule has 0 radical (unpaired) electrons. The molecule has 0 aliphatic carbocycles. The molecule has 0 atom stereocenters. The molecule has 9 nitrogen and oxygen atoms in total. The minimum absolute atomic E-state index is 0.0517. The van der Waals surface area contributed by atoms with Gasteiger partial charge in [-0.1, -0.05) is 24.3 Å². The lowest BCUT2D eigenvalue weighted by molar-refractivity contribution is 0.0695. The van der Waals surface area contributed by atoms with E-state index in [2.05, 4.69) is 14.7 Å². The number of imidazole rings is 1. The number of carbonyl (C=O) groups is 1. The van der Waals surface area contributed by atoms with Gasteiger partial charge in [0, 0.05) is 36.6 Å². The van der Waals surface area contributed by atoms with E-state index in [9.17, 15) is 18.0 Å². The molecule has 2 N–H and O–H groups in total. The summed E-state index contributed by atoms with van der Waals surface area (Å²) >= 11 is 0. The van der Waals surface area contributed by atoms with E-state index >= 15 is 0 Å². The van der Waals surface area contributed by atoms with E-state index < -0.39 is 10.0 Å². The molecular formula is C24H23N5O4S. The summed E-state index contributed by atoms with van der Waals surface area (Å²) in [4.78, 5) is 34.6. The number of rotatable bonds is 5. The number of nitrogens with one attached hydrogen (secondary N) is 2. The fourth-order valence-electron chi connectivity index (χ4n) is 4.34. The number of aromatic amines is 1. The van der Waals surface area contributed by atoms with Crippen LogP contribution in [0.15, 0.2) is 82.6 Å². The standard InChI is InChI=1S/C24H23N5O4S/c30-23(17-6-4-7-18(16-17)27-34(32,33)20-8-2-1-3-9-20)28-14-11-19(12-15-28)29-22-21(26-24(29)31)10-5-13-25-22/h1-10,13,16,19,27H,11-12,14-15H2,(H,26,31). The third kappa shape index (κ3) is 4.19. The second-order valence-corrected chi connectivity index (χ2v) is 9.88. The number of nitrogens with zero attached hydrogens (tertiary/aromatic N) is 3. The number of pyridine rings is 1. The van der Waals surface area contributed by atoms with E-state index in [0.29, 0.717) is 48.3 Å². The number of aromatic nitrogens is 3. The molecule has 1 saturated heterocycles. The predicted molar refractivity (Wildman–Crippen MR) is 128 cm³/mol. The number of anilines is 1.